The summed E-state index contributed by atoms with van der Waals surface area (Å²) in [5.74, 6) is 0. The van der Waals surface area contributed by atoms with Gasteiger partial charge in [0.1, 0.15) is 5.60 Å². The zero-order valence-corrected chi connectivity index (χ0v) is 12.5. The topological polar surface area (TPSA) is 62.8 Å². The predicted octanol–water partition coefficient (Wildman–Crippen LogP) is 0.779. The number of hydrogen-bond donors (Lipinski definition) is 2. The Hall–Kier alpha value is -0.850. The largest absolute Gasteiger partial charge is 0.444 e. The van der Waals surface area contributed by atoms with E-state index in [-0.39, 0.29) is 6.09 Å². The van der Waals surface area contributed by atoms with Crippen molar-refractivity contribution in [1.82, 2.24) is 15.5 Å². The van der Waals surface area contributed by atoms with Crippen LogP contribution in [0.3, 0.4) is 0 Å². The molecule has 1 heterocycles. The molecule has 0 saturated carbocycles. The molecule has 1 aliphatic rings. The van der Waals surface area contributed by atoms with Crippen LogP contribution >= 0.6 is 0 Å². The summed E-state index contributed by atoms with van der Waals surface area (Å²) in [5, 5.41) is 6.10. The summed E-state index contributed by atoms with van der Waals surface area (Å²) in [7, 11) is 0. The average molecular weight is 273 g/mol. The standard InChI is InChI=1S/C13H27N3O3/c1-11(16-7-9-18-10-8-16)14-5-6-15-12(17)19-13(2,3)4/h11,14H,5-10H2,1-4H3,(H,15,17). The van der Waals surface area contributed by atoms with Crippen molar-refractivity contribution in [2.45, 2.75) is 39.5 Å². The molecule has 0 spiro atoms. The molecule has 0 aromatic rings. The van der Waals surface area contributed by atoms with E-state index in [1.165, 1.54) is 0 Å². The number of alkyl carbamates (subject to hydrolysis) is 1. The van der Waals surface area contributed by atoms with Crippen molar-refractivity contribution in [3.8, 4) is 0 Å². The smallest absolute Gasteiger partial charge is 0.407 e. The summed E-state index contributed by atoms with van der Waals surface area (Å²) < 4.78 is 10.5. The van der Waals surface area contributed by atoms with Crippen molar-refractivity contribution in [2.24, 2.45) is 0 Å². The van der Waals surface area contributed by atoms with Gasteiger partial charge in [0.05, 0.1) is 19.4 Å². The van der Waals surface area contributed by atoms with Crippen LogP contribution in [-0.4, -0.2) is 62.2 Å². The summed E-state index contributed by atoms with van der Waals surface area (Å²) in [6.45, 7) is 12.5. The Bertz CT molecular complexity index is 273. The molecule has 1 rings (SSSR count). The van der Waals surface area contributed by atoms with Crippen molar-refractivity contribution >= 4 is 6.09 Å². The minimum Gasteiger partial charge on any atom is -0.444 e. The highest BCUT2D eigenvalue weighted by Gasteiger charge is 2.17. The van der Waals surface area contributed by atoms with Crippen molar-refractivity contribution < 1.29 is 14.3 Å². The molecule has 0 aromatic heterocycles. The number of rotatable bonds is 5. The van der Waals surface area contributed by atoms with Crippen LogP contribution < -0.4 is 10.6 Å². The van der Waals surface area contributed by atoms with E-state index in [4.69, 9.17) is 9.47 Å². The Balaban J connectivity index is 2.08. The number of carbonyl (C=O) groups is 1. The van der Waals surface area contributed by atoms with Crippen LogP contribution in [0.5, 0.6) is 0 Å². The number of ether oxygens (including phenoxy) is 2. The molecule has 0 bridgehead atoms. The number of nitrogens with one attached hydrogen (secondary N) is 2. The maximum Gasteiger partial charge on any atom is 0.407 e. The monoisotopic (exact) mass is 273 g/mol. The highest BCUT2D eigenvalue weighted by atomic mass is 16.6. The molecular formula is C13H27N3O3. The Morgan fingerprint density at radius 3 is 2.53 bits per heavy atom. The number of morpholine rings is 1. The molecule has 6 nitrogen and oxygen atoms in total. The molecule has 2 N–H and O–H groups in total. The third kappa shape index (κ3) is 7.34. The molecule has 1 unspecified atom stereocenters. The number of carbonyl (C=O) groups excluding carboxylic acids is 1. The fourth-order valence-electron chi connectivity index (χ4n) is 1.85. The number of nitrogens with zero attached hydrogens (tertiary/aromatic N) is 1. The Morgan fingerprint density at radius 2 is 1.95 bits per heavy atom. The van der Waals surface area contributed by atoms with E-state index in [1.807, 2.05) is 20.8 Å². The second-order valence-corrected chi connectivity index (χ2v) is 5.71. The number of hydrogen-bond acceptors (Lipinski definition) is 5. The molecule has 0 aliphatic carbocycles. The summed E-state index contributed by atoms with van der Waals surface area (Å²) >= 11 is 0. The molecule has 19 heavy (non-hydrogen) atoms. The van der Waals surface area contributed by atoms with Crippen LogP contribution in [0.4, 0.5) is 4.79 Å². The van der Waals surface area contributed by atoms with E-state index >= 15 is 0 Å². The van der Waals surface area contributed by atoms with Gasteiger partial charge in [0.25, 0.3) is 0 Å². The van der Waals surface area contributed by atoms with Gasteiger partial charge in [-0.1, -0.05) is 0 Å². The Morgan fingerprint density at radius 1 is 1.32 bits per heavy atom. The quantitative estimate of drug-likeness (QED) is 0.725. The number of amides is 1. The minimum absolute atomic E-state index is 0.296. The first-order chi connectivity index (χ1) is 8.88. The second-order valence-electron chi connectivity index (χ2n) is 5.71. The molecule has 1 fully saturated rings. The van der Waals surface area contributed by atoms with Gasteiger partial charge in [-0.05, 0) is 27.7 Å². The van der Waals surface area contributed by atoms with Crippen LogP contribution in [0.2, 0.25) is 0 Å². The normalized spacial score (nSPS) is 18.9. The Labute approximate surface area is 115 Å². The van der Waals surface area contributed by atoms with Crippen molar-refractivity contribution in [2.75, 3.05) is 39.4 Å². The minimum atomic E-state index is -0.446. The third-order valence-corrected chi connectivity index (χ3v) is 2.83. The van der Waals surface area contributed by atoms with Gasteiger partial charge in [-0.3, -0.25) is 4.90 Å². The van der Waals surface area contributed by atoms with Gasteiger partial charge in [0, 0.05) is 26.2 Å². The summed E-state index contributed by atoms with van der Waals surface area (Å²) in [6.07, 6.45) is -0.0716. The lowest BCUT2D eigenvalue weighted by Crippen LogP contribution is -2.50. The summed E-state index contributed by atoms with van der Waals surface area (Å²) in [4.78, 5) is 13.7. The van der Waals surface area contributed by atoms with Crippen molar-refractivity contribution in [3.63, 3.8) is 0 Å². The zero-order chi connectivity index (χ0) is 14.3. The zero-order valence-electron chi connectivity index (χ0n) is 12.5. The predicted molar refractivity (Wildman–Crippen MR) is 74.1 cm³/mol. The van der Waals surface area contributed by atoms with Gasteiger partial charge in [-0.15, -0.1) is 0 Å². The van der Waals surface area contributed by atoms with E-state index in [1.54, 1.807) is 0 Å². The van der Waals surface area contributed by atoms with Crippen LogP contribution in [0.1, 0.15) is 27.7 Å². The van der Waals surface area contributed by atoms with E-state index in [2.05, 4.69) is 22.5 Å². The van der Waals surface area contributed by atoms with Crippen LogP contribution in [0, 0.1) is 0 Å². The van der Waals surface area contributed by atoms with E-state index in [9.17, 15) is 4.79 Å². The fraction of sp³-hybridized carbons (Fsp3) is 0.923. The van der Waals surface area contributed by atoms with E-state index in [0.717, 1.165) is 32.8 Å². The fourth-order valence-corrected chi connectivity index (χ4v) is 1.85. The first-order valence-electron chi connectivity index (χ1n) is 6.90. The van der Waals surface area contributed by atoms with Gasteiger partial charge in [-0.25, -0.2) is 4.79 Å². The first kappa shape index (κ1) is 16.2. The van der Waals surface area contributed by atoms with Crippen molar-refractivity contribution in [3.05, 3.63) is 0 Å². The molecule has 0 aromatic carbocycles. The van der Waals surface area contributed by atoms with Crippen LogP contribution in [0.25, 0.3) is 0 Å². The average Bonchev–Trinajstić information content (AvgIpc) is 2.33. The third-order valence-electron chi connectivity index (χ3n) is 2.83. The molecule has 112 valence electrons. The molecule has 6 heteroatoms. The van der Waals surface area contributed by atoms with Gasteiger partial charge >= 0.3 is 6.09 Å². The first-order valence-corrected chi connectivity index (χ1v) is 6.90. The molecular weight excluding hydrogens is 246 g/mol. The van der Waals surface area contributed by atoms with Gasteiger partial charge in [-0.2, -0.15) is 0 Å². The van der Waals surface area contributed by atoms with Gasteiger partial charge in [0.2, 0.25) is 0 Å². The van der Waals surface area contributed by atoms with E-state index in [0.29, 0.717) is 12.7 Å². The molecule has 1 aliphatic heterocycles. The summed E-state index contributed by atoms with van der Waals surface area (Å²) in [6, 6.07) is 0. The SMILES string of the molecule is CC(NCCNC(=O)OC(C)(C)C)N1CCOCC1. The molecule has 1 saturated heterocycles. The lowest BCUT2D eigenvalue weighted by atomic mass is 10.2. The van der Waals surface area contributed by atoms with Gasteiger partial charge < -0.3 is 20.1 Å². The highest BCUT2D eigenvalue weighted by molar-refractivity contribution is 5.67. The summed E-state index contributed by atoms with van der Waals surface area (Å²) in [5.41, 5.74) is -0.446. The molecule has 0 radical (unpaired) electrons. The lowest BCUT2D eigenvalue weighted by molar-refractivity contribution is 0.0132. The van der Waals surface area contributed by atoms with Crippen LogP contribution in [-0.2, 0) is 9.47 Å². The van der Waals surface area contributed by atoms with Gasteiger partial charge in [0.15, 0.2) is 0 Å². The molecule has 1 amide bonds. The maximum absolute atomic E-state index is 11.4. The Kier molecular flexibility index (Phi) is 6.54. The highest BCUT2D eigenvalue weighted by Crippen LogP contribution is 2.06. The van der Waals surface area contributed by atoms with E-state index < -0.39 is 5.60 Å². The maximum atomic E-state index is 11.4. The second kappa shape index (κ2) is 7.67. The molecule has 1 atom stereocenters. The van der Waals surface area contributed by atoms with Crippen LogP contribution in [0.15, 0.2) is 0 Å². The lowest BCUT2D eigenvalue weighted by Gasteiger charge is -2.32. The van der Waals surface area contributed by atoms with Crippen molar-refractivity contribution in [1.29, 1.82) is 0 Å².